The number of carbonyl (C=O) groups excluding carboxylic acids is 1. The molecule has 0 unspecified atom stereocenters. The summed E-state index contributed by atoms with van der Waals surface area (Å²) >= 11 is 0. The fraction of sp³-hybridized carbons (Fsp3) is 0.417. The highest BCUT2D eigenvalue weighted by molar-refractivity contribution is 5.94. The van der Waals surface area contributed by atoms with Crippen LogP contribution in [0.3, 0.4) is 0 Å². The minimum atomic E-state index is -1.00. The van der Waals surface area contributed by atoms with Gasteiger partial charge in [-0.25, -0.2) is 4.39 Å². The standard InChI is InChI=1S/C12H16FNO2/c1-8-5-4-6-9(10(8)13)11(15)14-7-12(2,3)16/h4-6,16H,7H2,1-3H3,(H,14,15). The molecule has 3 nitrogen and oxygen atoms in total. The van der Waals surface area contributed by atoms with Gasteiger partial charge in [0.05, 0.1) is 11.2 Å². The van der Waals surface area contributed by atoms with E-state index in [1.165, 1.54) is 6.07 Å². The van der Waals surface area contributed by atoms with Crippen LogP contribution in [0.4, 0.5) is 4.39 Å². The second kappa shape index (κ2) is 4.61. The predicted molar refractivity (Wildman–Crippen MR) is 59.8 cm³/mol. The summed E-state index contributed by atoms with van der Waals surface area (Å²) in [6.07, 6.45) is 0. The molecule has 2 N–H and O–H groups in total. The van der Waals surface area contributed by atoms with Gasteiger partial charge in [0.25, 0.3) is 5.91 Å². The van der Waals surface area contributed by atoms with Gasteiger partial charge < -0.3 is 10.4 Å². The van der Waals surface area contributed by atoms with Gasteiger partial charge in [-0.05, 0) is 32.4 Å². The van der Waals surface area contributed by atoms with Gasteiger partial charge in [-0.2, -0.15) is 0 Å². The first kappa shape index (κ1) is 12.6. The van der Waals surface area contributed by atoms with Crippen LogP contribution >= 0.6 is 0 Å². The third-order valence-corrected chi connectivity index (χ3v) is 2.12. The minimum absolute atomic E-state index is 0.00394. The molecule has 0 radical (unpaired) electrons. The maximum atomic E-state index is 13.5. The van der Waals surface area contributed by atoms with Crippen molar-refractivity contribution in [2.45, 2.75) is 26.4 Å². The van der Waals surface area contributed by atoms with Crippen molar-refractivity contribution < 1.29 is 14.3 Å². The topological polar surface area (TPSA) is 49.3 Å². The smallest absolute Gasteiger partial charge is 0.254 e. The number of rotatable bonds is 3. The van der Waals surface area contributed by atoms with Crippen LogP contribution < -0.4 is 5.32 Å². The summed E-state index contributed by atoms with van der Waals surface area (Å²) in [5.74, 6) is -1.03. The number of nitrogens with one attached hydrogen (secondary N) is 1. The number of amides is 1. The Kier molecular flexibility index (Phi) is 3.65. The van der Waals surface area contributed by atoms with Crippen LogP contribution in [0.15, 0.2) is 18.2 Å². The van der Waals surface area contributed by atoms with Crippen molar-refractivity contribution in [3.05, 3.63) is 35.1 Å². The molecule has 1 rings (SSSR count). The van der Waals surface area contributed by atoms with E-state index >= 15 is 0 Å². The lowest BCUT2D eigenvalue weighted by Gasteiger charge is -2.17. The van der Waals surface area contributed by atoms with Crippen LogP contribution in [0.1, 0.15) is 29.8 Å². The van der Waals surface area contributed by atoms with E-state index in [4.69, 9.17) is 0 Å². The summed E-state index contributed by atoms with van der Waals surface area (Å²) in [4.78, 5) is 11.6. The first-order chi connectivity index (χ1) is 7.31. The molecular weight excluding hydrogens is 209 g/mol. The van der Waals surface area contributed by atoms with Gasteiger partial charge in [0.1, 0.15) is 5.82 Å². The number of hydrogen-bond donors (Lipinski definition) is 2. The van der Waals surface area contributed by atoms with Crippen LogP contribution in [-0.4, -0.2) is 23.2 Å². The Hall–Kier alpha value is -1.42. The van der Waals surface area contributed by atoms with Crippen LogP contribution in [0.2, 0.25) is 0 Å². The highest BCUT2D eigenvalue weighted by Gasteiger charge is 2.17. The number of benzene rings is 1. The van der Waals surface area contributed by atoms with Crippen molar-refractivity contribution in [2.24, 2.45) is 0 Å². The number of halogens is 1. The van der Waals surface area contributed by atoms with Gasteiger partial charge in [0, 0.05) is 6.54 Å². The van der Waals surface area contributed by atoms with E-state index < -0.39 is 17.3 Å². The van der Waals surface area contributed by atoms with Gasteiger partial charge >= 0.3 is 0 Å². The van der Waals surface area contributed by atoms with Gasteiger partial charge in [-0.3, -0.25) is 4.79 Å². The molecule has 4 heteroatoms. The van der Waals surface area contributed by atoms with Crippen molar-refractivity contribution in [2.75, 3.05) is 6.54 Å². The average Bonchev–Trinajstić information content (AvgIpc) is 2.17. The van der Waals surface area contributed by atoms with Crippen LogP contribution in [-0.2, 0) is 0 Å². The first-order valence-electron chi connectivity index (χ1n) is 5.07. The Morgan fingerprint density at radius 1 is 1.50 bits per heavy atom. The van der Waals surface area contributed by atoms with E-state index in [2.05, 4.69) is 5.32 Å². The summed E-state index contributed by atoms with van der Waals surface area (Å²) in [6, 6.07) is 4.64. The molecule has 0 saturated heterocycles. The molecule has 0 bridgehead atoms. The summed E-state index contributed by atoms with van der Waals surface area (Å²) in [7, 11) is 0. The van der Waals surface area contributed by atoms with E-state index in [-0.39, 0.29) is 12.1 Å². The molecular formula is C12H16FNO2. The van der Waals surface area contributed by atoms with Crippen molar-refractivity contribution in [3.8, 4) is 0 Å². The molecule has 0 aliphatic rings. The highest BCUT2D eigenvalue weighted by Crippen LogP contribution is 2.11. The Labute approximate surface area is 94.3 Å². The average molecular weight is 225 g/mol. The van der Waals surface area contributed by atoms with Gasteiger partial charge in [0.2, 0.25) is 0 Å². The van der Waals surface area contributed by atoms with Crippen molar-refractivity contribution in [1.29, 1.82) is 0 Å². The van der Waals surface area contributed by atoms with Crippen LogP contribution in [0.25, 0.3) is 0 Å². The van der Waals surface area contributed by atoms with Crippen LogP contribution in [0.5, 0.6) is 0 Å². The zero-order valence-corrected chi connectivity index (χ0v) is 9.67. The number of carbonyl (C=O) groups is 1. The molecule has 0 aliphatic carbocycles. The molecule has 0 atom stereocenters. The maximum absolute atomic E-state index is 13.5. The first-order valence-corrected chi connectivity index (χ1v) is 5.07. The molecule has 1 aromatic carbocycles. The van der Waals surface area contributed by atoms with E-state index in [1.54, 1.807) is 32.9 Å². The predicted octanol–water partition coefficient (Wildman–Crippen LogP) is 1.63. The second-order valence-corrected chi connectivity index (χ2v) is 4.43. The molecule has 16 heavy (non-hydrogen) atoms. The Morgan fingerprint density at radius 2 is 2.12 bits per heavy atom. The Morgan fingerprint density at radius 3 is 2.69 bits per heavy atom. The number of aliphatic hydroxyl groups is 1. The third-order valence-electron chi connectivity index (χ3n) is 2.12. The maximum Gasteiger partial charge on any atom is 0.254 e. The lowest BCUT2D eigenvalue weighted by atomic mass is 10.1. The molecule has 0 aliphatic heterocycles. The molecule has 1 amide bonds. The lowest BCUT2D eigenvalue weighted by molar-refractivity contribution is 0.0692. The summed E-state index contributed by atoms with van der Waals surface area (Å²) in [5.41, 5.74) is -0.573. The zero-order chi connectivity index (χ0) is 12.3. The molecule has 0 heterocycles. The fourth-order valence-electron chi connectivity index (χ4n) is 1.21. The molecule has 1 aromatic rings. The minimum Gasteiger partial charge on any atom is -0.389 e. The Bertz CT molecular complexity index is 396. The molecule has 88 valence electrons. The third kappa shape index (κ3) is 3.31. The van der Waals surface area contributed by atoms with Crippen LogP contribution in [0, 0.1) is 12.7 Å². The number of aryl methyl sites for hydroxylation is 1. The fourth-order valence-corrected chi connectivity index (χ4v) is 1.21. The van der Waals surface area contributed by atoms with Crippen molar-refractivity contribution in [3.63, 3.8) is 0 Å². The van der Waals surface area contributed by atoms with Crippen molar-refractivity contribution in [1.82, 2.24) is 5.32 Å². The van der Waals surface area contributed by atoms with E-state index in [9.17, 15) is 14.3 Å². The summed E-state index contributed by atoms with van der Waals surface area (Å²) < 4.78 is 13.5. The van der Waals surface area contributed by atoms with Gasteiger partial charge in [0.15, 0.2) is 0 Å². The molecule has 0 fully saturated rings. The zero-order valence-electron chi connectivity index (χ0n) is 9.67. The van der Waals surface area contributed by atoms with Crippen molar-refractivity contribution >= 4 is 5.91 Å². The lowest BCUT2D eigenvalue weighted by Crippen LogP contribution is -2.38. The van der Waals surface area contributed by atoms with E-state index in [0.29, 0.717) is 5.56 Å². The van der Waals surface area contributed by atoms with E-state index in [1.807, 2.05) is 0 Å². The van der Waals surface area contributed by atoms with E-state index in [0.717, 1.165) is 0 Å². The SMILES string of the molecule is Cc1cccc(C(=O)NCC(C)(C)O)c1F. The normalized spacial score (nSPS) is 11.3. The summed E-state index contributed by atoms with van der Waals surface area (Å²) in [5, 5.41) is 11.9. The summed E-state index contributed by atoms with van der Waals surface area (Å²) in [6.45, 7) is 4.82. The van der Waals surface area contributed by atoms with Gasteiger partial charge in [-0.15, -0.1) is 0 Å². The molecule has 0 saturated carbocycles. The monoisotopic (exact) mass is 225 g/mol. The Balaban J connectivity index is 2.78. The molecule has 0 spiro atoms. The number of hydrogen-bond acceptors (Lipinski definition) is 2. The highest BCUT2D eigenvalue weighted by atomic mass is 19.1. The van der Waals surface area contributed by atoms with Gasteiger partial charge in [-0.1, -0.05) is 12.1 Å². The molecule has 0 aromatic heterocycles. The quantitative estimate of drug-likeness (QED) is 0.821. The largest absolute Gasteiger partial charge is 0.389 e. The second-order valence-electron chi connectivity index (χ2n) is 4.43.